The quantitative estimate of drug-likeness (QED) is 0.914. The average Bonchev–Trinajstić information content (AvgIpc) is 3.04. The van der Waals surface area contributed by atoms with E-state index in [2.05, 4.69) is 16.8 Å². The van der Waals surface area contributed by atoms with E-state index < -0.39 is 0 Å². The van der Waals surface area contributed by atoms with Gasteiger partial charge in [0.1, 0.15) is 5.82 Å². The monoisotopic (exact) mass is 285 g/mol. The number of aromatic nitrogens is 1. The van der Waals surface area contributed by atoms with E-state index in [4.69, 9.17) is 4.98 Å². The number of fused-ring (bicyclic) bond motifs is 1. The molecule has 112 valence electrons. The van der Waals surface area contributed by atoms with Gasteiger partial charge in [0.25, 0.3) is 0 Å². The zero-order chi connectivity index (χ0) is 14.7. The normalized spacial score (nSPS) is 15.7. The van der Waals surface area contributed by atoms with Gasteiger partial charge in [-0.25, -0.2) is 4.98 Å². The van der Waals surface area contributed by atoms with Crippen LogP contribution >= 0.6 is 0 Å². The highest BCUT2D eigenvalue weighted by atomic mass is 16.3. The van der Waals surface area contributed by atoms with Gasteiger partial charge in [0, 0.05) is 31.1 Å². The van der Waals surface area contributed by atoms with Crippen LogP contribution in [0.4, 0.5) is 5.82 Å². The molecule has 1 N–H and O–H groups in total. The van der Waals surface area contributed by atoms with E-state index >= 15 is 0 Å². The second-order valence-electron chi connectivity index (χ2n) is 5.79. The first-order valence-corrected chi connectivity index (χ1v) is 7.71. The molecule has 2 aromatic rings. The fourth-order valence-electron chi connectivity index (χ4n) is 3.00. The van der Waals surface area contributed by atoms with Crippen molar-refractivity contribution in [2.45, 2.75) is 19.4 Å². The fraction of sp³-hybridized carbons (Fsp3) is 0.471. The number of benzene rings is 1. The Hall–Kier alpha value is -1.65. The first kappa shape index (κ1) is 14.3. The first-order chi connectivity index (χ1) is 10.3. The van der Waals surface area contributed by atoms with Crippen LogP contribution < -0.4 is 4.90 Å². The van der Waals surface area contributed by atoms with E-state index in [1.54, 1.807) is 0 Å². The number of hydrogen-bond acceptors (Lipinski definition) is 4. The summed E-state index contributed by atoms with van der Waals surface area (Å²) >= 11 is 0. The molecular weight excluding hydrogens is 262 g/mol. The van der Waals surface area contributed by atoms with Crippen LogP contribution in [0.5, 0.6) is 0 Å². The van der Waals surface area contributed by atoms with Crippen LogP contribution in [0.3, 0.4) is 0 Å². The molecule has 0 bridgehead atoms. The van der Waals surface area contributed by atoms with E-state index in [0.29, 0.717) is 0 Å². The molecule has 0 radical (unpaired) electrons. The SMILES string of the molecule is CN(CCN1CCCC1)c1nc2ccccc2cc1CO. The van der Waals surface area contributed by atoms with Crippen molar-refractivity contribution < 1.29 is 5.11 Å². The second-order valence-corrected chi connectivity index (χ2v) is 5.79. The van der Waals surface area contributed by atoms with E-state index in [0.717, 1.165) is 35.4 Å². The van der Waals surface area contributed by atoms with Crippen LogP contribution in [0.2, 0.25) is 0 Å². The maximum Gasteiger partial charge on any atom is 0.134 e. The summed E-state index contributed by atoms with van der Waals surface area (Å²) in [6.45, 7) is 4.47. The predicted molar refractivity (Wildman–Crippen MR) is 86.6 cm³/mol. The molecule has 1 aliphatic heterocycles. The molecule has 4 nitrogen and oxygen atoms in total. The number of para-hydroxylation sites is 1. The summed E-state index contributed by atoms with van der Waals surface area (Å²) in [5, 5.41) is 10.7. The van der Waals surface area contributed by atoms with E-state index in [1.165, 1.54) is 25.9 Å². The van der Waals surface area contributed by atoms with Gasteiger partial charge in [0.05, 0.1) is 12.1 Å². The van der Waals surface area contributed by atoms with Crippen molar-refractivity contribution in [3.8, 4) is 0 Å². The first-order valence-electron chi connectivity index (χ1n) is 7.71. The van der Waals surface area contributed by atoms with Gasteiger partial charge in [0.2, 0.25) is 0 Å². The van der Waals surface area contributed by atoms with E-state index in [-0.39, 0.29) is 6.61 Å². The molecule has 1 fully saturated rings. The smallest absolute Gasteiger partial charge is 0.134 e. The van der Waals surface area contributed by atoms with E-state index in [9.17, 15) is 5.11 Å². The Morgan fingerprint density at radius 1 is 1.24 bits per heavy atom. The summed E-state index contributed by atoms with van der Waals surface area (Å²) in [6.07, 6.45) is 2.64. The van der Waals surface area contributed by atoms with Crippen LogP contribution in [0.1, 0.15) is 18.4 Å². The molecule has 4 heteroatoms. The fourth-order valence-corrected chi connectivity index (χ4v) is 3.00. The summed E-state index contributed by atoms with van der Waals surface area (Å²) in [7, 11) is 2.06. The van der Waals surface area contributed by atoms with Crippen LogP contribution in [0.25, 0.3) is 10.9 Å². The molecule has 0 amide bonds. The summed E-state index contributed by atoms with van der Waals surface area (Å²) in [5.74, 6) is 0.899. The Balaban J connectivity index is 1.80. The van der Waals surface area contributed by atoms with Crippen molar-refractivity contribution >= 4 is 16.7 Å². The number of likely N-dealkylation sites (N-methyl/N-ethyl adjacent to an activating group) is 1. The largest absolute Gasteiger partial charge is 0.392 e. The van der Waals surface area contributed by atoms with Crippen LogP contribution in [0.15, 0.2) is 30.3 Å². The topological polar surface area (TPSA) is 39.6 Å². The van der Waals surface area contributed by atoms with Crippen molar-refractivity contribution in [2.75, 3.05) is 38.1 Å². The van der Waals surface area contributed by atoms with Crippen LogP contribution in [-0.2, 0) is 6.61 Å². The summed E-state index contributed by atoms with van der Waals surface area (Å²) in [6, 6.07) is 10.1. The van der Waals surface area contributed by atoms with Gasteiger partial charge in [0.15, 0.2) is 0 Å². The molecule has 1 aliphatic rings. The zero-order valence-corrected chi connectivity index (χ0v) is 12.6. The highest BCUT2D eigenvalue weighted by Crippen LogP contribution is 2.23. The Morgan fingerprint density at radius 3 is 2.76 bits per heavy atom. The third kappa shape index (κ3) is 3.17. The van der Waals surface area contributed by atoms with Gasteiger partial charge in [-0.3, -0.25) is 0 Å². The second kappa shape index (κ2) is 6.41. The van der Waals surface area contributed by atoms with Gasteiger partial charge in [-0.2, -0.15) is 0 Å². The number of aliphatic hydroxyl groups is 1. The molecule has 1 aromatic carbocycles. The Kier molecular flexibility index (Phi) is 4.36. The summed E-state index contributed by atoms with van der Waals surface area (Å²) in [4.78, 5) is 9.40. The highest BCUT2D eigenvalue weighted by molar-refractivity contribution is 5.81. The van der Waals surface area contributed by atoms with Crippen LogP contribution in [-0.4, -0.2) is 48.2 Å². The van der Waals surface area contributed by atoms with Crippen LogP contribution in [0, 0.1) is 0 Å². The summed E-state index contributed by atoms with van der Waals surface area (Å²) < 4.78 is 0. The lowest BCUT2D eigenvalue weighted by molar-refractivity contribution is 0.281. The minimum Gasteiger partial charge on any atom is -0.392 e. The van der Waals surface area contributed by atoms with Crippen molar-refractivity contribution in [1.82, 2.24) is 9.88 Å². The molecule has 0 atom stereocenters. The van der Waals surface area contributed by atoms with Gasteiger partial charge in [-0.1, -0.05) is 18.2 Å². The van der Waals surface area contributed by atoms with Crippen molar-refractivity contribution in [2.24, 2.45) is 0 Å². The maximum atomic E-state index is 9.63. The molecule has 0 unspecified atom stereocenters. The zero-order valence-electron chi connectivity index (χ0n) is 12.6. The van der Waals surface area contributed by atoms with Crippen molar-refractivity contribution in [3.63, 3.8) is 0 Å². The molecule has 2 heterocycles. The van der Waals surface area contributed by atoms with Gasteiger partial charge < -0.3 is 14.9 Å². The number of hydrogen-bond donors (Lipinski definition) is 1. The molecule has 3 rings (SSSR count). The minimum absolute atomic E-state index is 0.0290. The number of anilines is 1. The molecule has 1 aromatic heterocycles. The number of likely N-dealkylation sites (tertiary alicyclic amines) is 1. The molecular formula is C17H23N3O. The number of aliphatic hydroxyl groups excluding tert-OH is 1. The lowest BCUT2D eigenvalue weighted by atomic mass is 10.1. The standard InChI is InChI=1S/C17H23N3O/c1-19(10-11-20-8-4-5-9-20)17-15(13-21)12-14-6-2-3-7-16(14)18-17/h2-3,6-7,12,21H,4-5,8-11,13H2,1H3. The average molecular weight is 285 g/mol. The molecule has 0 aliphatic carbocycles. The lowest BCUT2D eigenvalue weighted by Crippen LogP contribution is -2.32. The molecule has 0 saturated carbocycles. The third-order valence-corrected chi connectivity index (χ3v) is 4.26. The number of rotatable bonds is 5. The molecule has 0 spiro atoms. The number of nitrogens with zero attached hydrogens (tertiary/aromatic N) is 3. The Bertz CT molecular complexity index is 608. The molecule has 1 saturated heterocycles. The van der Waals surface area contributed by atoms with E-state index in [1.807, 2.05) is 30.3 Å². The minimum atomic E-state index is 0.0290. The predicted octanol–water partition coefficient (Wildman–Crippen LogP) is 2.26. The number of pyridine rings is 1. The van der Waals surface area contributed by atoms with Gasteiger partial charge in [-0.05, 0) is 38.1 Å². The lowest BCUT2D eigenvalue weighted by Gasteiger charge is -2.24. The van der Waals surface area contributed by atoms with Gasteiger partial charge in [-0.15, -0.1) is 0 Å². The molecule has 21 heavy (non-hydrogen) atoms. The Labute approximate surface area is 126 Å². The van der Waals surface area contributed by atoms with Gasteiger partial charge >= 0.3 is 0 Å². The maximum absolute atomic E-state index is 9.63. The van der Waals surface area contributed by atoms with Crippen molar-refractivity contribution in [1.29, 1.82) is 0 Å². The third-order valence-electron chi connectivity index (χ3n) is 4.26. The summed E-state index contributed by atoms with van der Waals surface area (Å²) in [5.41, 5.74) is 1.88. The van der Waals surface area contributed by atoms with Crippen molar-refractivity contribution in [3.05, 3.63) is 35.9 Å². The highest BCUT2D eigenvalue weighted by Gasteiger charge is 2.14. The Morgan fingerprint density at radius 2 is 2.00 bits per heavy atom.